The number of thiazole rings is 1. The van der Waals surface area contributed by atoms with Gasteiger partial charge in [-0.2, -0.15) is 0 Å². The molecule has 3 aromatic rings. The third-order valence-electron chi connectivity index (χ3n) is 4.75. The normalized spacial score (nSPS) is 18.9. The fourth-order valence-electron chi connectivity index (χ4n) is 3.25. The number of pyridine rings is 1. The van der Waals surface area contributed by atoms with E-state index < -0.39 is 0 Å². The van der Waals surface area contributed by atoms with Gasteiger partial charge in [0, 0.05) is 30.4 Å². The molecule has 4 nitrogen and oxygen atoms in total. The second-order valence-electron chi connectivity index (χ2n) is 6.68. The highest BCUT2D eigenvalue weighted by atomic mass is 32.2. The second-order valence-corrected chi connectivity index (χ2v) is 8.74. The van der Waals surface area contributed by atoms with Crippen LogP contribution in [0.25, 0.3) is 11.1 Å². The molecule has 136 valence electrons. The maximum absolute atomic E-state index is 13.6. The maximum atomic E-state index is 13.6. The predicted octanol–water partition coefficient (Wildman–Crippen LogP) is 2.92. The van der Waals surface area contributed by atoms with E-state index in [1.807, 2.05) is 34.7 Å². The summed E-state index contributed by atoms with van der Waals surface area (Å²) < 4.78 is 17.2. The van der Waals surface area contributed by atoms with Gasteiger partial charge in [-0.3, -0.25) is 14.3 Å². The molecule has 2 aromatic heterocycles. The Morgan fingerprint density at radius 1 is 1.22 bits per heavy atom. The Morgan fingerprint density at radius 2 is 2.00 bits per heavy atom. The first kappa shape index (κ1) is 16.8. The minimum absolute atomic E-state index is 0.0467. The lowest BCUT2D eigenvalue weighted by molar-refractivity contribution is 0.624. The molecule has 1 aliphatic carbocycles. The van der Waals surface area contributed by atoms with Crippen molar-refractivity contribution in [1.29, 1.82) is 0 Å². The SMILES string of the molecule is CN1C(=c2sc(=Cc3ccncc3)n(C3CC3)c2=O)Sc2cc(F)ccc21. The van der Waals surface area contributed by atoms with Crippen LogP contribution in [-0.4, -0.2) is 16.6 Å². The van der Waals surface area contributed by atoms with Gasteiger partial charge >= 0.3 is 0 Å². The highest BCUT2D eigenvalue weighted by Gasteiger charge is 2.29. The van der Waals surface area contributed by atoms with E-state index in [0.29, 0.717) is 4.53 Å². The molecule has 1 aliphatic heterocycles. The highest BCUT2D eigenvalue weighted by Crippen LogP contribution is 2.45. The zero-order valence-corrected chi connectivity index (χ0v) is 16.2. The molecule has 0 spiro atoms. The Bertz CT molecular complexity index is 1210. The van der Waals surface area contributed by atoms with Crippen LogP contribution in [0.2, 0.25) is 0 Å². The van der Waals surface area contributed by atoms with Gasteiger partial charge in [0.1, 0.15) is 15.4 Å². The number of aromatic nitrogens is 2. The number of hydrogen-bond acceptors (Lipinski definition) is 5. The summed E-state index contributed by atoms with van der Waals surface area (Å²) in [6.07, 6.45) is 7.62. The fraction of sp³-hybridized carbons (Fsp3) is 0.200. The molecule has 0 bridgehead atoms. The van der Waals surface area contributed by atoms with E-state index in [9.17, 15) is 9.18 Å². The molecule has 1 aromatic carbocycles. The average molecular weight is 398 g/mol. The van der Waals surface area contributed by atoms with Crippen LogP contribution in [0.15, 0.2) is 52.4 Å². The van der Waals surface area contributed by atoms with Crippen LogP contribution in [0.1, 0.15) is 24.4 Å². The van der Waals surface area contributed by atoms with E-state index >= 15 is 0 Å². The summed E-state index contributed by atoms with van der Waals surface area (Å²) in [5.74, 6) is -0.260. The summed E-state index contributed by atoms with van der Waals surface area (Å²) in [5.41, 5.74) is 2.00. The first-order chi connectivity index (χ1) is 13.1. The summed E-state index contributed by atoms with van der Waals surface area (Å²) in [5, 5.41) is 0.870. The summed E-state index contributed by atoms with van der Waals surface area (Å²) in [4.78, 5) is 20.1. The zero-order chi connectivity index (χ0) is 18.5. The molecule has 1 saturated carbocycles. The second kappa shape index (κ2) is 6.35. The number of hydrogen-bond donors (Lipinski definition) is 0. The molecule has 5 rings (SSSR count). The van der Waals surface area contributed by atoms with E-state index in [1.54, 1.807) is 18.5 Å². The van der Waals surface area contributed by atoms with Crippen molar-refractivity contribution in [3.05, 3.63) is 73.7 Å². The zero-order valence-electron chi connectivity index (χ0n) is 14.6. The van der Waals surface area contributed by atoms with Crippen LogP contribution in [0.3, 0.4) is 0 Å². The number of halogens is 1. The molecule has 27 heavy (non-hydrogen) atoms. The summed E-state index contributed by atoms with van der Waals surface area (Å²) >= 11 is 2.97. The number of fused-ring (bicyclic) bond motifs is 1. The number of rotatable bonds is 2. The predicted molar refractivity (Wildman–Crippen MR) is 108 cm³/mol. The lowest BCUT2D eigenvalue weighted by Crippen LogP contribution is -2.33. The van der Waals surface area contributed by atoms with Gasteiger partial charge in [0.05, 0.1) is 10.4 Å². The molecule has 0 atom stereocenters. The van der Waals surface area contributed by atoms with Crippen molar-refractivity contribution >= 4 is 39.9 Å². The molecule has 0 N–H and O–H groups in total. The lowest BCUT2D eigenvalue weighted by Gasteiger charge is -2.12. The van der Waals surface area contributed by atoms with Crippen molar-refractivity contribution in [2.45, 2.75) is 23.8 Å². The van der Waals surface area contributed by atoms with Crippen molar-refractivity contribution in [2.75, 3.05) is 11.9 Å². The molecule has 1 fully saturated rings. The maximum Gasteiger partial charge on any atom is 0.272 e. The summed E-state index contributed by atoms with van der Waals surface area (Å²) in [6.45, 7) is 0. The van der Waals surface area contributed by atoms with Crippen LogP contribution < -0.4 is 19.7 Å². The van der Waals surface area contributed by atoms with Crippen LogP contribution in [0.5, 0.6) is 0 Å². The van der Waals surface area contributed by atoms with Crippen molar-refractivity contribution in [1.82, 2.24) is 9.55 Å². The number of nitrogens with zero attached hydrogens (tertiary/aromatic N) is 3. The highest BCUT2D eigenvalue weighted by molar-refractivity contribution is 8.08. The van der Waals surface area contributed by atoms with Gasteiger partial charge in [-0.05, 0) is 54.8 Å². The van der Waals surface area contributed by atoms with Gasteiger partial charge < -0.3 is 4.90 Å². The third kappa shape index (κ3) is 2.91. The topological polar surface area (TPSA) is 38.1 Å². The molecule has 0 amide bonds. The van der Waals surface area contributed by atoms with Gasteiger partial charge in [-0.1, -0.05) is 11.8 Å². The van der Waals surface area contributed by atoms with Gasteiger partial charge in [0.15, 0.2) is 0 Å². The van der Waals surface area contributed by atoms with Gasteiger partial charge in [0.2, 0.25) is 0 Å². The van der Waals surface area contributed by atoms with Crippen LogP contribution >= 0.6 is 23.1 Å². The van der Waals surface area contributed by atoms with E-state index in [-0.39, 0.29) is 17.4 Å². The third-order valence-corrected chi connectivity index (χ3v) is 7.20. The fourth-order valence-corrected chi connectivity index (χ4v) is 5.75. The van der Waals surface area contributed by atoms with Crippen molar-refractivity contribution < 1.29 is 4.39 Å². The largest absolute Gasteiger partial charge is 0.337 e. The van der Waals surface area contributed by atoms with Crippen LogP contribution in [0.4, 0.5) is 10.1 Å². The first-order valence-electron chi connectivity index (χ1n) is 8.70. The Morgan fingerprint density at radius 3 is 2.74 bits per heavy atom. The van der Waals surface area contributed by atoms with Crippen molar-refractivity contribution in [2.24, 2.45) is 0 Å². The average Bonchev–Trinajstić information content (AvgIpc) is 3.38. The van der Waals surface area contributed by atoms with Gasteiger partial charge in [-0.15, -0.1) is 11.3 Å². The van der Waals surface area contributed by atoms with Crippen LogP contribution in [0, 0.1) is 5.82 Å². The molecule has 2 aliphatic rings. The van der Waals surface area contributed by atoms with Gasteiger partial charge in [0.25, 0.3) is 5.56 Å². The Hall–Kier alpha value is -2.38. The molecule has 0 unspecified atom stereocenters. The standard InChI is InChI=1S/C20H16FN3OS2/c1-23-15-5-2-13(21)11-16(15)26-20(23)18-19(25)24(14-3-4-14)17(27-18)10-12-6-8-22-9-7-12/h2,5-11,14H,3-4H2,1H3. The molecular weight excluding hydrogens is 381 g/mol. The Labute approximate surface area is 163 Å². The molecule has 0 radical (unpaired) electrons. The molecular formula is C20H16FN3OS2. The van der Waals surface area contributed by atoms with E-state index in [2.05, 4.69) is 4.98 Å². The molecule has 7 heteroatoms. The molecule has 3 heterocycles. The summed E-state index contributed by atoms with van der Waals surface area (Å²) in [6, 6.07) is 8.90. The van der Waals surface area contributed by atoms with Crippen LogP contribution in [-0.2, 0) is 0 Å². The number of anilines is 1. The number of thioether (sulfide) groups is 1. The monoisotopic (exact) mass is 397 g/mol. The van der Waals surface area contributed by atoms with E-state index in [4.69, 9.17) is 0 Å². The number of benzene rings is 1. The Balaban J connectivity index is 1.73. The Kier molecular flexibility index (Phi) is 3.94. The smallest absolute Gasteiger partial charge is 0.272 e. The minimum atomic E-state index is -0.260. The van der Waals surface area contributed by atoms with Crippen molar-refractivity contribution in [3.8, 4) is 0 Å². The van der Waals surface area contributed by atoms with E-state index in [0.717, 1.165) is 38.7 Å². The summed E-state index contributed by atoms with van der Waals surface area (Å²) in [7, 11) is 1.93. The minimum Gasteiger partial charge on any atom is -0.337 e. The van der Waals surface area contributed by atoms with Gasteiger partial charge in [-0.25, -0.2) is 4.39 Å². The lowest BCUT2D eigenvalue weighted by atomic mass is 10.3. The van der Waals surface area contributed by atoms with E-state index in [1.165, 1.54) is 35.2 Å². The quantitative estimate of drug-likeness (QED) is 0.667. The molecule has 0 saturated heterocycles. The van der Waals surface area contributed by atoms with Crippen molar-refractivity contribution in [3.63, 3.8) is 0 Å². The first-order valence-corrected chi connectivity index (χ1v) is 10.3.